The number of nitro groups is 1. The number of carbonyl (C=O) groups is 1. The molecule has 9 nitrogen and oxygen atoms in total. The third kappa shape index (κ3) is 3.28. The lowest BCUT2D eigenvalue weighted by molar-refractivity contribution is -0.944. The van der Waals surface area contributed by atoms with E-state index in [1.54, 1.807) is 12.1 Å². The van der Waals surface area contributed by atoms with Gasteiger partial charge in [0.2, 0.25) is 5.75 Å². The van der Waals surface area contributed by atoms with E-state index in [0.29, 0.717) is 43.2 Å². The minimum Gasteiger partial charge on any atom is -0.496 e. The number of hydrogen-bond donors (Lipinski definition) is 1. The zero-order chi connectivity index (χ0) is 18.0. The molecular formula is C16H19N2O7+. The van der Waals surface area contributed by atoms with Gasteiger partial charge in [0, 0.05) is 5.56 Å². The highest BCUT2D eigenvalue weighted by Crippen LogP contribution is 2.40. The monoisotopic (exact) mass is 351 g/mol. The van der Waals surface area contributed by atoms with Crippen LogP contribution in [0.5, 0.6) is 11.5 Å². The lowest BCUT2D eigenvalue weighted by Gasteiger charge is -2.33. The lowest BCUT2D eigenvalue weighted by Crippen LogP contribution is -3.18. The number of morpholine rings is 1. The first kappa shape index (κ1) is 17.2. The summed E-state index contributed by atoms with van der Waals surface area (Å²) in [6.07, 6.45) is 0.892. The first-order valence-electron chi connectivity index (χ1n) is 7.80. The van der Waals surface area contributed by atoms with Crippen LogP contribution >= 0.6 is 0 Å². The van der Waals surface area contributed by atoms with Crippen LogP contribution in [0.1, 0.15) is 5.56 Å². The van der Waals surface area contributed by atoms with E-state index in [2.05, 4.69) is 0 Å². The number of fused-ring (bicyclic) bond motifs is 1. The molecule has 2 heterocycles. The summed E-state index contributed by atoms with van der Waals surface area (Å²) in [6, 6.07) is 2.90. The predicted molar refractivity (Wildman–Crippen MR) is 85.6 cm³/mol. The van der Waals surface area contributed by atoms with Crippen molar-refractivity contribution in [3.63, 3.8) is 0 Å². The number of rotatable bonds is 4. The summed E-state index contributed by atoms with van der Waals surface area (Å²) in [7, 11) is 2.71. The van der Waals surface area contributed by atoms with E-state index in [4.69, 9.17) is 18.9 Å². The van der Waals surface area contributed by atoms with Crippen molar-refractivity contribution in [2.75, 3.05) is 40.5 Å². The number of esters is 1. The Morgan fingerprint density at radius 2 is 2.04 bits per heavy atom. The molecule has 1 aromatic carbocycles. The van der Waals surface area contributed by atoms with Crippen LogP contribution in [0.25, 0.3) is 6.08 Å². The molecule has 2 aliphatic rings. The molecule has 3 rings (SSSR count). The minimum absolute atomic E-state index is 0.127. The maximum absolute atomic E-state index is 12.2. The smallest absolute Gasteiger partial charge is 0.343 e. The van der Waals surface area contributed by atoms with Crippen molar-refractivity contribution in [2.45, 2.75) is 6.23 Å². The van der Waals surface area contributed by atoms with Crippen molar-refractivity contribution < 1.29 is 33.6 Å². The molecule has 0 radical (unpaired) electrons. The molecule has 9 heteroatoms. The van der Waals surface area contributed by atoms with Crippen LogP contribution in [-0.4, -0.2) is 57.6 Å². The molecule has 1 fully saturated rings. The van der Waals surface area contributed by atoms with Gasteiger partial charge in [0.15, 0.2) is 0 Å². The van der Waals surface area contributed by atoms with Gasteiger partial charge in [-0.05, 0) is 12.1 Å². The van der Waals surface area contributed by atoms with E-state index >= 15 is 0 Å². The number of quaternary nitrogens is 1. The van der Waals surface area contributed by atoms with E-state index in [-0.39, 0.29) is 11.4 Å². The molecule has 0 aromatic heterocycles. The van der Waals surface area contributed by atoms with Crippen molar-refractivity contribution in [2.24, 2.45) is 0 Å². The van der Waals surface area contributed by atoms with Gasteiger partial charge in [0.05, 0.1) is 38.4 Å². The molecule has 0 unspecified atom stereocenters. The van der Waals surface area contributed by atoms with Gasteiger partial charge >= 0.3 is 11.7 Å². The van der Waals surface area contributed by atoms with E-state index in [1.165, 1.54) is 20.3 Å². The largest absolute Gasteiger partial charge is 0.496 e. The third-order valence-electron chi connectivity index (χ3n) is 4.26. The van der Waals surface area contributed by atoms with Crippen molar-refractivity contribution >= 4 is 17.7 Å². The lowest BCUT2D eigenvalue weighted by atomic mass is 10.0. The van der Waals surface area contributed by atoms with Gasteiger partial charge in [-0.2, -0.15) is 0 Å². The van der Waals surface area contributed by atoms with Crippen molar-refractivity contribution in [3.05, 3.63) is 33.4 Å². The first-order chi connectivity index (χ1) is 12.0. The molecule has 0 saturated carbocycles. The van der Waals surface area contributed by atoms with Crippen molar-refractivity contribution in [3.8, 4) is 11.5 Å². The van der Waals surface area contributed by atoms with Crippen LogP contribution in [0.15, 0.2) is 17.7 Å². The Morgan fingerprint density at radius 3 is 2.64 bits per heavy atom. The fourth-order valence-electron chi connectivity index (χ4n) is 3.01. The molecule has 1 atom stereocenters. The zero-order valence-electron chi connectivity index (χ0n) is 13.9. The number of methoxy groups -OCH3 is 2. The summed E-state index contributed by atoms with van der Waals surface area (Å²) in [6.45, 7) is 2.30. The van der Waals surface area contributed by atoms with E-state index < -0.39 is 17.1 Å². The first-order valence-corrected chi connectivity index (χ1v) is 7.80. The summed E-state index contributed by atoms with van der Waals surface area (Å²) in [5, 5.41) is 11.4. The van der Waals surface area contributed by atoms with Crippen molar-refractivity contribution in [1.29, 1.82) is 0 Å². The molecule has 0 amide bonds. The Labute approximate surface area is 143 Å². The molecular weight excluding hydrogens is 332 g/mol. The summed E-state index contributed by atoms with van der Waals surface area (Å²) in [5.41, 5.74) is 0.525. The molecule has 1 aromatic rings. The number of benzene rings is 1. The minimum atomic E-state index is -0.684. The Morgan fingerprint density at radius 1 is 1.32 bits per heavy atom. The maximum atomic E-state index is 12.2. The molecule has 0 bridgehead atoms. The molecule has 0 aliphatic carbocycles. The van der Waals surface area contributed by atoms with E-state index in [1.807, 2.05) is 0 Å². The zero-order valence-corrected chi connectivity index (χ0v) is 13.9. The van der Waals surface area contributed by atoms with Crippen LogP contribution in [-0.2, 0) is 14.3 Å². The Balaban J connectivity index is 2.09. The quantitative estimate of drug-likeness (QED) is 0.455. The molecule has 1 N–H and O–H groups in total. The van der Waals surface area contributed by atoms with Crippen LogP contribution < -0.4 is 14.4 Å². The molecule has 134 valence electrons. The normalized spacial score (nSPS) is 20.1. The SMILES string of the molecule is COC(=O)C1=Cc2cc(OC)cc([N+](=O)[O-])c2O[C@@H]1[NH+]1CCOCC1. The van der Waals surface area contributed by atoms with Crippen LogP contribution in [0.3, 0.4) is 0 Å². The van der Waals surface area contributed by atoms with Gasteiger partial charge in [-0.15, -0.1) is 0 Å². The number of nitrogens with zero attached hydrogens (tertiary/aromatic N) is 1. The molecule has 2 aliphatic heterocycles. The fourth-order valence-corrected chi connectivity index (χ4v) is 3.01. The standard InChI is InChI=1S/C16H18N2O7/c1-22-11-7-10-8-12(16(19)23-2)15(17-3-5-24-6-4-17)25-14(10)13(9-11)18(20)21/h7-9,15H,3-6H2,1-2H3/p+1/t15-/m0/s1. The van der Waals surface area contributed by atoms with Crippen LogP contribution in [0.4, 0.5) is 5.69 Å². The van der Waals surface area contributed by atoms with Gasteiger partial charge in [-0.3, -0.25) is 15.0 Å². The Kier molecular flexibility index (Phi) is 4.86. The third-order valence-corrected chi connectivity index (χ3v) is 4.26. The highest BCUT2D eigenvalue weighted by Gasteiger charge is 2.40. The van der Waals surface area contributed by atoms with E-state index in [0.717, 1.165) is 4.90 Å². The summed E-state index contributed by atoms with van der Waals surface area (Å²) in [5.74, 6) is -0.0887. The van der Waals surface area contributed by atoms with E-state index in [9.17, 15) is 14.9 Å². The van der Waals surface area contributed by atoms with Crippen LogP contribution in [0.2, 0.25) is 0 Å². The maximum Gasteiger partial charge on any atom is 0.343 e. The highest BCUT2D eigenvalue weighted by molar-refractivity contribution is 5.96. The summed E-state index contributed by atoms with van der Waals surface area (Å²) in [4.78, 5) is 24.1. The van der Waals surface area contributed by atoms with Gasteiger partial charge < -0.3 is 18.9 Å². The van der Waals surface area contributed by atoms with Crippen LogP contribution in [0, 0.1) is 10.1 Å². The van der Waals surface area contributed by atoms with Gasteiger partial charge in [-0.1, -0.05) is 0 Å². The second-order valence-electron chi connectivity index (χ2n) is 5.68. The Bertz CT molecular complexity index is 725. The second-order valence-corrected chi connectivity index (χ2v) is 5.68. The average Bonchev–Trinajstić information content (AvgIpc) is 2.65. The topological polar surface area (TPSA) is 102 Å². The number of carbonyl (C=O) groups excluding carboxylic acids is 1. The molecule has 25 heavy (non-hydrogen) atoms. The van der Waals surface area contributed by atoms with Gasteiger partial charge in [0.1, 0.15) is 24.4 Å². The Hall–Kier alpha value is -2.65. The van der Waals surface area contributed by atoms with Gasteiger partial charge in [-0.25, -0.2) is 4.79 Å². The van der Waals surface area contributed by atoms with Gasteiger partial charge in [0.25, 0.3) is 6.23 Å². The number of nitrogens with one attached hydrogen (secondary N) is 1. The second kappa shape index (κ2) is 7.08. The highest BCUT2D eigenvalue weighted by atomic mass is 16.6. The summed E-state index contributed by atoms with van der Waals surface area (Å²) >= 11 is 0. The number of hydrogen-bond acceptors (Lipinski definition) is 7. The predicted octanol–water partition coefficient (Wildman–Crippen LogP) is -0.207. The molecule has 1 saturated heterocycles. The summed E-state index contributed by atoms with van der Waals surface area (Å²) < 4.78 is 21.2. The molecule has 0 spiro atoms. The fraction of sp³-hybridized carbons (Fsp3) is 0.438. The number of ether oxygens (including phenoxy) is 4. The average molecular weight is 351 g/mol. The number of nitro benzene ring substituents is 1. The van der Waals surface area contributed by atoms with Crippen molar-refractivity contribution in [1.82, 2.24) is 0 Å².